The van der Waals surface area contributed by atoms with Gasteiger partial charge in [-0.1, -0.05) is 78.6 Å². The van der Waals surface area contributed by atoms with Gasteiger partial charge >= 0.3 is 0 Å². The van der Waals surface area contributed by atoms with E-state index in [1.54, 1.807) is 0 Å². The van der Waals surface area contributed by atoms with Crippen LogP contribution in [0.4, 0.5) is 0 Å². The molecule has 1 aromatic carbocycles. The monoisotopic (exact) mass is 396 g/mol. The van der Waals surface area contributed by atoms with Crippen LogP contribution in [0, 0.1) is 5.92 Å². The van der Waals surface area contributed by atoms with Crippen LogP contribution in [0.15, 0.2) is 36.7 Å². The summed E-state index contributed by atoms with van der Waals surface area (Å²) in [6.45, 7) is 7.43. The quantitative estimate of drug-likeness (QED) is 0.290. The first-order chi connectivity index (χ1) is 14.2. The Morgan fingerprint density at radius 3 is 1.97 bits per heavy atom. The Hall–Kier alpha value is -1.90. The Morgan fingerprint density at radius 1 is 0.793 bits per heavy atom. The Balaban J connectivity index is 1.67. The standard InChI is InChI=1S/C26H40N2O/c1-4-6-7-8-9-10-11-12-13-14-23-19-27-26(28-20-23)24-15-17-25(18-16-24)29-21-22(3)5-2/h15-20,22H,4-14,21H2,1-3H3/t22-/m1/s1. The van der Waals surface area contributed by atoms with Crippen molar-refractivity contribution in [1.82, 2.24) is 9.97 Å². The van der Waals surface area contributed by atoms with E-state index in [9.17, 15) is 0 Å². The van der Waals surface area contributed by atoms with E-state index in [1.807, 2.05) is 36.7 Å². The van der Waals surface area contributed by atoms with Crippen LogP contribution in [0.3, 0.4) is 0 Å². The highest BCUT2D eigenvalue weighted by molar-refractivity contribution is 5.55. The van der Waals surface area contributed by atoms with Crippen LogP contribution in [-0.4, -0.2) is 16.6 Å². The van der Waals surface area contributed by atoms with Crippen LogP contribution in [0.5, 0.6) is 5.75 Å². The number of rotatable bonds is 15. The molecule has 0 saturated heterocycles. The topological polar surface area (TPSA) is 35.0 Å². The molecule has 0 unspecified atom stereocenters. The van der Waals surface area contributed by atoms with E-state index in [1.165, 1.54) is 63.4 Å². The minimum Gasteiger partial charge on any atom is -0.493 e. The summed E-state index contributed by atoms with van der Waals surface area (Å²) in [5.41, 5.74) is 2.28. The van der Waals surface area contributed by atoms with Crippen molar-refractivity contribution >= 4 is 0 Å². The molecular weight excluding hydrogens is 356 g/mol. The largest absolute Gasteiger partial charge is 0.493 e. The van der Waals surface area contributed by atoms with E-state index in [2.05, 4.69) is 30.7 Å². The zero-order chi connectivity index (χ0) is 20.7. The molecule has 1 heterocycles. The highest BCUT2D eigenvalue weighted by atomic mass is 16.5. The third-order valence-electron chi connectivity index (χ3n) is 5.62. The zero-order valence-electron chi connectivity index (χ0n) is 18.8. The SMILES string of the molecule is CCCCCCCCCCCc1cnc(-c2ccc(OC[C@H](C)CC)cc2)nc1. The van der Waals surface area contributed by atoms with Gasteiger partial charge in [-0.05, 0) is 48.6 Å². The van der Waals surface area contributed by atoms with Crippen molar-refractivity contribution in [3.05, 3.63) is 42.2 Å². The van der Waals surface area contributed by atoms with Gasteiger partial charge in [0.1, 0.15) is 5.75 Å². The minimum atomic E-state index is 0.580. The number of hydrogen-bond donors (Lipinski definition) is 0. The smallest absolute Gasteiger partial charge is 0.159 e. The highest BCUT2D eigenvalue weighted by Crippen LogP contribution is 2.20. The minimum absolute atomic E-state index is 0.580. The lowest BCUT2D eigenvalue weighted by atomic mass is 10.1. The fourth-order valence-corrected chi connectivity index (χ4v) is 3.33. The van der Waals surface area contributed by atoms with Crippen molar-refractivity contribution in [3.8, 4) is 17.1 Å². The Labute approximate surface area is 178 Å². The second-order valence-electron chi connectivity index (χ2n) is 8.34. The van der Waals surface area contributed by atoms with E-state index in [0.29, 0.717) is 5.92 Å². The molecule has 3 heteroatoms. The van der Waals surface area contributed by atoms with Gasteiger partial charge in [0.25, 0.3) is 0 Å². The molecule has 29 heavy (non-hydrogen) atoms. The maximum Gasteiger partial charge on any atom is 0.159 e. The van der Waals surface area contributed by atoms with Crippen molar-refractivity contribution in [3.63, 3.8) is 0 Å². The fourth-order valence-electron chi connectivity index (χ4n) is 3.33. The Bertz CT molecular complexity index is 651. The summed E-state index contributed by atoms with van der Waals surface area (Å²) in [6, 6.07) is 8.11. The summed E-state index contributed by atoms with van der Waals surface area (Å²) >= 11 is 0. The van der Waals surface area contributed by atoms with Crippen LogP contribution in [0.2, 0.25) is 0 Å². The Morgan fingerprint density at radius 2 is 1.38 bits per heavy atom. The molecule has 0 amide bonds. The van der Waals surface area contributed by atoms with Crippen molar-refractivity contribution in [1.29, 1.82) is 0 Å². The molecule has 1 atom stereocenters. The van der Waals surface area contributed by atoms with Crippen LogP contribution in [0.25, 0.3) is 11.4 Å². The summed E-state index contributed by atoms with van der Waals surface area (Å²) in [5.74, 6) is 2.28. The second-order valence-corrected chi connectivity index (χ2v) is 8.34. The van der Waals surface area contributed by atoms with Gasteiger partial charge in [-0.2, -0.15) is 0 Å². The molecule has 0 aliphatic carbocycles. The number of nitrogens with zero attached hydrogens (tertiary/aromatic N) is 2. The molecule has 1 aromatic heterocycles. The lowest BCUT2D eigenvalue weighted by Crippen LogP contribution is -2.07. The first-order valence-corrected chi connectivity index (χ1v) is 11.8. The van der Waals surface area contributed by atoms with E-state index >= 15 is 0 Å². The summed E-state index contributed by atoms with van der Waals surface area (Å²) < 4.78 is 5.82. The summed E-state index contributed by atoms with van der Waals surface area (Å²) in [5, 5.41) is 0. The lowest BCUT2D eigenvalue weighted by molar-refractivity contribution is 0.256. The van der Waals surface area contributed by atoms with Gasteiger partial charge in [0.05, 0.1) is 6.61 Å². The van der Waals surface area contributed by atoms with Crippen LogP contribution in [-0.2, 0) is 6.42 Å². The van der Waals surface area contributed by atoms with Crippen molar-refractivity contribution in [2.45, 2.75) is 91.4 Å². The summed E-state index contributed by atoms with van der Waals surface area (Å²) in [4.78, 5) is 9.14. The molecule has 0 saturated carbocycles. The Kier molecular flexibility index (Phi) is 11.4. The van der Waals surface area contributed by atoms with Crippen LogP contribution in [0.1, 0.15) is 90.5 Å². The molecule has 2 aromatic rings. The number of aromatic nitrogens is 2. The average Bonchev–Trinajstić information content (AvgIpc) is 2.77. The van der Waals surface area contributed by atoms with Gasteiger partial charge in [0, 0.05) is 18.0 Å². The maximum atomic E-state index is 5.82. The van der Waals surface area contributed by atoms with Gasteiger partial charge in [0.2, 0.25) is 0 Å². The van der Waals surface area contributed by atoms with E-state index < -0.39 is 0 Å². The molecule has 160 valence electrons. The molecule has 0 bridgehead atoms. The normalized spacial score (nSPS) is 12.1. The number of hydrogen-bond acceptors (Lipinski definition) is 3. The summed E-state index contributed by atoms with van der Waals surface area (Å²) in [6.07, 6.45) is 18.4. The predicted molar refractivity (Wildman–Crippen MR) is 123 cm³/mol. The van der Waals surface area contributed by atoms with E-state index in [0.717, 1.165) is 36.6 Å². The highest BCUT2D eigenvalue weighted by Gasteiger charge is 2.04. The number of benzene rings is 1. The first kappa shape index (κ1) is 23.4. The van der Waals surface area contributed by atoms with Crippen molar-refractivity contribution < 1.29 is 4.74 Å². The van der Waals surface area contributed by atoms with E-state index in [4.69, 9.17) is 4.74 Å². The van der Waals surface area contributed by atoms with Gasteiger partial charge in [-0.15, -0.1) is 0 Å². The lowest BCUT2D eigenvalue weighted by Gasteiger charge is -2.11. The molecule has 2 rings (SSSR count). The molecule has 0 aliphatic rings. The van der Waals surface area contributed by atoms with Crippen molar-refractivity contribution in [2.75, 3.05) is 6.61 Å². The number of ether oxygens (including phenoxy) is 1. The third-order valence-corrected chi connectivity index (χ3v) is 5.62. The predicted octanol–water partition coefficient (Wildman–Crippen LogP) is 7.64. The molecule has 0 spiro atoms. The van der Waals surface area contributed by atoms with E-state index in [-0.39, 0.29) is 0 Å². The fraction of sp³-hybridized carbons (Fsp3) is 0.615. The first-order valence-electron chi connectivity index (χ1n) is 11.8. The summed E-state index contributed by atoms with van der Waals surface area (Å²) in [7, 11) is 0. The van der Waals surface area contributed by atoms with Crippen molar-refractivity contribution in [2.24, 2.45) is 5.92 Å². The third kappa shape index (κ3) is 9.43. The molecule has 0 fully saturated rings. The molecular formula is C26H40N2O. The zero-order valence-corrected chi connectivity index (χ0v) is 18.8. The van der Waals surface area contributed by atoms with Gasteiger partial charge in [0.15, 0.2) is 5.82 Å². The molecule has 0 aliphatic heterocycles. The average molecular weight is 397 g/mol. The maximum absolute atomic E-state index is 5.82. The van der Waals surface area contributed by atoms with Gasteiger partial charge < -0.3 is 4.74 Å². The van der Waals surface area contributed by atoms with Crippen LogP contribution >= 0.6 is 0 Å². The molecule has 3 nitrogen and oxygen atoms in total. The second kappa shape index (κ2) is 14.1. The van der Waals surface area contributed by atoms with Gasteiger partial charge in [-0.3, -0.25) is 0 Å². The molecule has 0 radical (unpaired) electrons. The van der Waals surface area contributed by atoms with Gasteiger partial charge in [-0.25, -0.2) is 9.97 Å². The molecule has 0 N–H and O–H groups in total. The van der Waals surface area contributed by atoms with Crippen LogP contribution < -0.4 is 4.74 Å². The number of unbranched alkanes of at least 4 members (excludes halogenated alkanes) is 8. The number of aryl methyl sites for hydroxylation is 1.